The Morgan fingerprint density at radius 2 is 2.04 bits per heavy atom. The normalized spacial score (nSPS) is 14.4. The van der Waals surface area contributed by atoms with Crippen molar-refractivity contribution in [1.29, 1.82) is 0 Å². The zero-order valence-corrected chi connectivity index (χ0v) is 16.6. The van der Waals surface area contributed by atoms with Gasteiger partial charge in [0.25, 0.3) is 10.0 Å². The van der Waals surface area contributed by atoms with E-state index in [4.69, 9.17) is 4.52 Å². The third-order valence-electron chi connectivity index (χ3n) is 4.23. The maximum atomic E-state index is 12.6. The molecule has 1 N–H and O–H groups in total. The number of aryl methyl sites for hydroxylation is 1. The number of rotatable bonds is 5. The van der Waals surface area contributed by atoms with Crippen LogP contribution in [-0.2, 0) is 10.0 Å². The Kier molecular flexibility index (Phi) is 4.85. The molecule has 0 aromatic carbocycles. The second-order valence-electron chi connectivity index (χ2n) is 6.35. The summed E-state index contributed by atoms with van der Waals surface area (Å²) in [5.74, 6) is 0.0306. The minimum atomic E-state index is -3.80. The van der Waals surface area contributed by atoms with Crippen LogP contribution in [0.25, 0.3) is 11.4 Å². The maximum Gasteiger partial charge on any atom is 0.316 e. The van der Waals surface area contributed by atoms with E-state index in [1.54, 1.807) is 35.4 Å². The molecule has 0 radical (unpaired) electrons. The second kappa shape index (κ2) is 7.32. The molecule has 1 amide bonds. The lowest BCUT2D eigenvalue weighted by Crippen LogP contribution is -2.27. The van der Waals surface area contributed by atoms with Crippen molar-refractivity contribution in [1.82, 2.24) is 20.0 Å². The van der Waals surface area contributed by atoms with Crippen LogP contribution >= 0.6 is 11.3 Å². The molecule has 1 aliphatic heterocycles. The zero-order chi connectivity index (χ0) is 19.7. The van der Waals surface area contributed by atoms with Gasteiger partial charge in [-0.25, -0.2) is 13.4 Å². The fourth-order valence-electron chi connectivity index (χ4n) is 2.85. The number of thiophene rings is 1. The van der Waals surface area contributed by atoms with Gasteiger partial charge in [-0.15, -0.1) is 11.3 Å². The van der Waals surface area contributed by atoms with Gasteiger partial charge >= 0.3 is 11.8 Å². The molecule has 3 aromatic heterocycles. The Morgan fingerprint density at radius 1 is 1.25 bits per heavy atom. The van der Waals surface area contributed by atoms with E-state index in [1.807, 2.05) is 0 Å². The smallest absolute Gasteiger partial charge is 0.316 e. The van der Waals surface area contributed by atoms with Crippen molar-refractivity contribution in [2.24, 2.45) is 0 Å². The van der Waals surface area contributed by atoms with Crippen molar-refractivity contribution < 1.29 is 17.7 Å². The van der Waals surface area contributed by atoms with Crippen LogP contribution in [-0.4, -0.2) is 47.4 Å². The van der Waals surface area contributed by atoms with Gasteiger partial charge in [0, 0.05) is 29.7 Å². The van der Waals surface area contributed by atoms with Crippen molar-refractivity contribution >= 4 is 33.1 Å². The largest absolute Gasteiger partial charge is 0.334 e. The van der Waals surface area contributed by atoms with Crippen molar-refractivity contribution in [3.63, 3.8) is 0 Å². The lowest BCUT2D eigenvalue weighted by atomic mass is 10.3. The number of nitrogens with one attached hydrogen (secondary N) is 1. The number of anilines is 1. The molecule has 9 nitrogen and oxygen atoms in total. The number of amides is 1. The number of carbonyl (C=O) groups excluding carboxylic acids is 1. The lowest BCUT2D eigenvalue weighted by Gasteiger charge is -2.10. The summed E-state index contributed by atoms with van der Waals surface area (Å²) in [5, 5.41) is 5.42. The first-order valence-corrected chi connectivity index (χ1v) is 11.0. The first kappa shape index (κ1) is 18.6. The third kappa shape index (κ3) is 3.76. The SMILES string of the molecule is Cc1cccc(NS(=O)(=O)c2cc(-c3noc(C(=O)N4CCCC4)n3)cs2)n1. The summed E-state index contributed by atoms with van der Waals surface area (Å²) in [6.45, 7) is 3.13. The first-order chi connectivity index (χ1) is 13.4. The molecule has 1 aliphatic rings. The molecular weight excluding hydrogens is 402 g/mol. The monoisotopic (exact) mass is 419 g/mol. The lowest BCUT2D eigenvalue weighted by molar-refractivity contribution is 0.0743. The maximum absolute atomic E-state index is 12.6. The molecule has 0 spiro atoms. The molecule has 0 bridgehead atoms. The summed E-state index contributed by atoms with van der Waals surface area (Å²) in [7, 11) is -3.80. The van der Waals surface area contributed by atoms with E-state index >= 15 is 0 Å². The zero-order valence-electron chi connectivity index (χ0n) is 15.0. The molecule has 4 rings (SSSR count). The van der Waals surface area contributed by atoms with Gasteiger partial charge in [-0.1, -0.05) is 11.2 Å². The molecule has 146 valence electrons. The number of carbonyl (C=O) groups is 1. The number of likely N-dealkylation sites (tertiary alicyclic amines) is 1. The van der Waals surface area contributed by atoms with Crippen LogP contribution in [0.15, 0.2) is 38.4 Å². The van der Waals surface area contributed by atoms with Crippen LogP contribution in [0.1, 0.15) is 29.2 Å². The average molecular weight is 419 g/mol. The molecular formula is C17H17N5O4S2. The summed E-state index contributed by atoms with van der Waals surface area (Å²) in [6.07, 6.45) is 1.92. The van der Waals surface area contributed by atoms with Gasteiger partial charge in [-0.2, -0.15) is 4.98 Å². The number of hydrogen-bond acceptors (Lipinski definition) is 8. The van der Waals surface area contributed by atoms with Gasteiger partial charge in [0.15, 0.2) is 0 Å². The third-order valence-corrected chi connectivity index (χ3v) is 7.02. The highest BCUT2D eigenvalue weighted by molar-refractivity contribution is 7.94. The molecule has 11 heteroatoms. The van der Waals surface area contributed by atoms with Crippen LogP contribution < -0.4 is 4.72 Å². The van der Waals surface area contributed by atoms with E-state index in [2.05, 4.69) is 19.8 Å². The predicted octanol–water partition coefficient (Wildman–Crippen LogP) is 2.54. The summed E-state index contributed by atoms with van der Waals surface area (Å²) in [5.41, 5.74) is 1.17. The number of pyridine rings is 1. The van der Waals surface area contributed by atoms with Gasteiger partial charge in [0.05, 0.1) is 0 Å². The van der Waals surface area contributed by atoms with Crippen LogP contribution in [0.3, 0.4) is 0 Å². The molecule has 0 aliphatic carbocycles. The van der Waals surface area contributed by atoms with E-state index in [-0.39, 0.29) is 27.6 Å². The molecule has 0 saturated carbocycles. The standard InChI is InChI=1S/C17H17N5O4S2/c1-11-5-4-6-13(18-11)21-28(24,25)14-9-12(10-27-14)15-19-16(26-20-15)17(23)22-7-2-3-8-22/h4-6,9-10H,2-3,7-8H2,1H3,(H,18,21). The van der Waals surface area contributed by atoms with E-state index in [0.717, 1.165) is 24.2 Å². The van der Waals surface area contributed by atoms with Gasteiger partial charge in [0.1, 0.15) is 10.0 Å². The highest BCUT2D eigenvalue weighted by Gasteiger charge is 2.26. The molecule has 1 fully saturated rings. The summed E-state index contributed by atoms with van der Waals surface area (Å²) in [6, 6.07) is 6.52. The van der Waals surface area contributed by atoms with Crippen molar-refractivity contribution in [3.05, 3.63) is 41.2 Å². The van der Waals surface area contributed by atoms with E-state index in [0.29, 0.717) is 24.3 Å². The summed E-state index contributed by atoms with van der Waals surface area (Å²) >= 11 is 1.02. The van der Waals surface area contributed by atoms with Crippen molar-refractivity contribution in [2.75, 3.05) is 17.8 Å². The quantitative estimate of drug-likeness (QED) is 0.675. The summed E-state index contributed by atoms with van der Waals surface area (Å²) in [4.78, 5) is 22.2. The highest BCUT2D eigenvalue weighted by Crippen LogP contribution is 2.28. The van der Waals surface area contributed by atoms with Crippen molar-refractivity contribution in [3.8, 4) is 11.4 Å². The Labute approximate surface area is 165 Å². The van der Waals surface area contributed by atoms with Gasteiger partial charge in [-0.05, 0) is 38.0 Å². The predicted molar refractivity (Wildman–Crippen MR) is 103 cm³/mol. The second-order valence-corrected chi connectivity index (χ2v) is 9.17. The van der Waals surface area contributed by atoms with Gasteiger partial charge < -0.3 is 9.42 Å². The van der Waals surface area contributed by atoms with Gasteiger partial charge in [0.2, 0.25) is 5.82 Å². The van der Waals surface area contributed by atoms with E-state index < -0.39 is 10.0 Å². The van der Waals surface area contributed by atoms with Crippen LogP contribution in [0.2, 0.25) is 0 Å². The van der Waals surface area contributed by atoms with Crippen molar-refractivity contribution in [2.45, 2.75) is 24.0 Å². The number of hydrogen-bond donors (Lipinski definition) is 1. The Balaban J connectivity index is 1.53. The molecule has 28 heavy (non-hydrogen) atoms. The van der Waals surface area contributed by atoms with Crippen LogP contribution in [0.4, 0.5) is 5.82 Å². The Morgan fingerprint density at radius 3 is 2.79 bits per heavy atom. The van der Waals surface area contributed by atoms with E-state index in [1.165, 1.54) is 6.07 Å². The fourth-order valence-corrected chi connectivity index (χ4v) is 5.01. The molecule has 3 aromatic rings. The number of sulfonamides is 1. The Hall–Kier alpha value is -2.79. The summed E-state index contributed by atoms with van der Waals surface area (Å²) < 4.78 is 32.8. The topological polar surface area (TPSA) is 118 Å². The van der Waals surface area contributed by atoms with Crippen LogP contribution in [0, 0.1) is 6.92 Å². The number of nitrogens with zero attached hydrogens (tertiary/aromatic N) is 4. The fraction of sp³-hybridized carbons (Fsp3) is 0.294. The van der Waals surface area contributed by atoms with Crippen LogP contribution in [0.5, 0.6) is 0 Å². The minimum Gasteiger partial charge on any atom is -0.334 e. The molecule has 0 atom stereocenters. The molecule has 4 heterocycles. The number of aromatic nitrogens is 3. The van der Waals surface area contributed by atoms with Gasteiger partial charge in [-0.3, -0.25) is 9.52 Å². The first-order valence-electron chi connectivity index (χ1n) is 8.61. The minimum absolute atomic E-state index is 0.0861. The van der Waals surface area contributed by atoms with E-state index in [9.17, 15) is 13.2 Å². The molecule has 0 unspecified atom stereocenters. The molecule has 1 saturated heterocycles. The average Bonchev–Trinajstić information content (AvgIpc) is 3.41. The highest BCUT2D eigenvalue weighted by atomic mass is 32.2. The Bertz CT molecular complexity index is 1120.